The summed E-state index contributed by atoms with van der Waals surface area (Å²) in [5.74, 6) is 0.353. The first-order chi connectivity index (χ1) is 8.57. The van der Waals surface area contributed by atoms with E-state index in [-0.39, 0.29) is 11.5 Å². The fourth-order valence-electron chi connectivity index (χ4n) is 3.37. The molecular formula is C14H27N3O. The summed E-state index contributed by atoms with van der Waals surface area (Å²) in [6.45, 7) is 5.45. The summed E-state index contributed by atoms with van der Waals surface area (Å²) < 4.78 is 0. The second kappa shape index (κ2) is 5.57. The third-order valence-electron chi connectivity index (χ3n) is 4.69. The quantitative estimate of drug-likeness (QED) is 0.800. The second-order valence-electron chi connectivity index (χ2n) is 6.27. The number of nitrogens with two attached hydrogens (primary N) is 1. The maximum absolute atomic E-state index is 12.8. The minimum atomic E-state index is -0.123. The molecule has 0 aromatic carbocycles. The molecule has 1 amide bonds. The minimum Gasteiger partial charge on any atom is -0.335 e. The molecule has 4 heteroatoms. The fraction of sp³-hybridized carbons (Fsp3) is 0.929. The molecule has 0 bridgehead atoms. The lowest BCUT2D eigenvalue weighted by Crippen LogP contribution is -2.59. The van der Waals surface area contributed by atoms with E-state index < -0.39 is 0 Å². The van der Waals surface area contributed by atoms with Crippen molar-refractivity contribution in [2.75, 3.05) is 33.2 Å². The van der Waals surface area contributed by atoms with Crippen LogP contribution >= 0.6 is 0 Å². The highest BCUT2D eigenvalue weighted by Crippen LogP contribution is 2.38. The van der Waals surface area contributed by atoms with Crippen LogP contribution in [0, 0.1) is 5.41 Å². The largest absolute Gasteiger partial charge is 0.335 e. The van der Waals surface area contributed by atoms with Crippen LogP contribution in [0.2, 0.25) is 0 Å². The Labute approximate surface area is 110 Å². The number of rotatable bonds is 2. The zero-order valence-electron chi connectivity index (χ0n) is 11.8. The average molecular weight is 253 g/mol. The number of carbonyl (C=O) groups excluding carboxylic acids is 1. The highest BCUT2D eigenvalue weighted by Gasteiger charge is 2.40. The molecule has 1 heterocycles. The lowest BCUT2D eigenvalue weighted by atomic mass is 9.74. The molecule has 104 valence electrons. The Kier molecular flexibility index (Phi) is 4.28. The van der Waals surface area contributed by atoms with Crippen LogP contribution in [0.4, 0.5) is 0 Å². The van der Waals surface area contributed by atoms with Crippen molar-refractivity contribution >= 4 is 5.91 Å². The number of nitrogens with zero attached hydrogens (tertiary/aromatic N) is 2. The van der Waals surface area contributed by atoms with Gasteiger partial charge in [-0.2, -0.15) is 0 Å². The van der Waals surface area contributed by atoms with Crippen molar-refractivity contribution < 1.29 is 4.79 Å². The number of hydrogen-bond acceptors (Lipinski definition) is 3. The van der Waals surface area contributed by atoms with Crippen molar-refractivity contribution in [1.29, 1.82) is 0 Å². The number of piperazine rings is 1. The zero-order chi connectivity index (χ0) is 13.2. The van der Waals surface area contributed by atoms with Crippen molar-refractivity contribution in [3.05, 3.63) is 0 Å². The van der Waals surface area contributed by atoms with Crippen LogP contribution in [0.15, 0.2) is 0 Å². The first-order valence-corrected chi connectivity index (χ1v) is 7.26. The maximum Gasteiger partial charge on any atom is 0.228 e. The maximum atomic E-state index is 12.8. The molecule has 2 rings (SSSR count). The Hall–Kier alpha value is -0.610. The molecule has 0 aromatic rings. The van der Waals surface area contributed by atoms with Gasteiger partial charge >= 0.3 is 0 Å². The summed E-state index contributed by atoms with van der Waals surface area (Å²) in [4.78, 5) is 17.1. The molecule has 0 spiro atoms. The molecule has 18 heavy (non-hydrogen) atoms. The van der Waals surface area contributed by atoms with Crippen LogP contribution < -0.4 is 5.73 Å². The van der Waals surface area contributed by atoms with Gasteiger partial charge in [-0.1, -0.05) is 26.2 Å². The number of carbonyl (C=O) groups is 1. The third kappa shape index (κ3) is 2.69. The predicted octanol–water partition coefficient (Wildman–Crippen LogP) is 1.06. The summed E-state index contributed by atoms with van der Waals surface area (Å²) in [7, 11) is 2.10. The van der Waals surface area contributed by atoms with Crippen LogP contribution in [0.5, 0.6) is 0 Å². The zero-order valence-corrected chi connectivity index (χ0v) is 11.8. The van der Waals surface area contributed by atoms with Gasteiger partial charge in [-0.25, -0.2) is 0 Å². The molecule has 1 saturated carbocycles. The Morgan fingerprint density at radius 1 is 1.28 bits per heavy atom. The standard InChI is InChI=1S/C14H27N3O/c1-14(6-4-3-5-7-14)13(18)17-9-8-16(2)11-12(17)10-15/h12H,3-11,15H2,1-2H3. The Morgan fingerprint density at radius 3 is 2.56 bits per heavy atom. The predicted molar refractivity (Wildman–Crippen MR) is 73.2 cm³/mol. The third-order valence-corrected chi connectivity index (χ3v) is 4.69. The van der Waals surface area contributed by atoms with E-state index in [2.05, 4.69) is 23.8 Å². The highest BCUT2D eigenvalue weighted by molar-refractivity contribution is 5.83. The molecule has 0 aromatic heterocycles. The SMILES string of the molecule is CN1CCN(C(=O)C2(C)CCCCC2)C(CN)C1. The summed E-state index contributed by atoms with van der Waals surface area (Å²) in [5, 5.41) is 0. The van der Waals surface area contributed by atoms with E-state index in [0.717, 1.165) is 32.5 Å². The van der Waals surface area contributed by atoms with Crippen molar-refractivity contribution in [3.8, 4) is 0 Å². The number of amides is 1. The van der Waals surface area contributed by atoms with Gasteiger partial charge in [0.05, 0.1) is 6.04 Å². The van der Waals surface area contributed by atoms with Gasteiger partial charge in [0.1, 0.15) is 0 Å². The van der Waals surface area contributed by atoms with E-state index in [1.807, 2.05) is 0 Å². The van der Waals surface area contributed by atoms with Crippen molar-refractivity contribution in [3.63, 3.8) is 0 Å². The summed E-state index contributed by atoms with van der Waals surface area (Å²) in [5.41, 5.74) is 5.72. The van der Waals surface area contributed by atoms with E-state index in [9.17, 15) is 4.79 Å². The number of likely N-dealkylation sites (N-methyl/N-ethyl adjacent to an activating group) is 1. The first-order valence-electron chi connectivity index (χ1n) is 7.26. The molecule has 1 atom stereocenters. The molecular weight excluding hydrogens is 226 g/mol. The van der Waals surface area contributed by atoms with E-state index >= 15 is 0 Å². The Morgan fingerprint density at radius 2 is 1.94 bits per heavy atom. The van der Waals surface area contributed by atoms with Gasteiger partial charge in [-0.15, -0.1) is 0 Å². The minimum absolute atomic E-state index is 0.123. The molecule has 0 radical (unpaired) electrons. The van der Waals surface area contributed by atoms with Crippen molar-refractivity contribution in [2.24, 2.45) is 11.1 Å². The van der Waals surface area contributed by atoms with E-state index in [0.29, 0.717) is 12.5 Å². The van der Waals surface area contributed by atoms with Crippen molar-refractivity contribution in [1.82, 2.24) is 9.80 Å². The lowest BCUT2D eigenvalue weighted by Gasteiger charge is -2.44. The lowest BCUT2D eigenvalue weighted by molar-refractivity contribution is -0.147. The van der Waals surface area contributed by atoms with Gasteiger partial charge in [0, 0.05) is 31.6 Å². The number of hydrogen-bond donors (Lipinski definition) is 1. The van der Waals surface area contributed by atoms with E-state index in [4.69, 9.17) is 5.73 Å². The fourth-order valence-corrected chi connectivity index (χ4v) is 3.37. The summed E-state index contributed by atoms with van der Waals surface area (Å²) in [6, 6.07) is 0.204. The Bertz CT molecular complexity index is 299. The van der Waals surface area contributed by atoms with Gasteiger partial charge in [-0.05, 0) is 19.9 Å². The molecule has 2 N–H and O–H groups in total. The average Bonchev–Trinajstić information content (AvgIpc) is 2.38. The molecule has 1 saturated heterocycles. The molecule has 1 unspecified atom stereocenters. The van der Waals surface area contributed by atoms with E-state index in [1.165, 1.54) is 19.3 Å². The van der Waals surface area contributed by atoms with Crippen LogP contribution in [-0.4, -0.2) is 55.0 Å². The van der Waals surface area contributed by atoms with Gasteiger partial charge in [0.15, 0.2) is 0 Å². The van der Waals surface area contributed by atoms with Crippen LogP contribution in [0.25, 0.3) is 0 Å². The van der Waals surface area contributed by atoms with Gasteiger partial charge in [0.2, 0.25) is 5.91 Å². The Balaban J connectivity index is 2.06. The molecule has 2 fully saturated rings. The summed E-state index contributed by atoms with van der Waals surface area (Å²) in [6.07, 6.45) is 5.78. The monoisotopic (exact) mass is 253 g/mol. The van der Waals surface area contributed by atoms with Crippen LogP contribution in [0.3, 0.4) is 0 Å². The molecule has 1 aliphatic heterocycles. The normalized spacial score (nSPS) is 29.3. The molecule has 4 nitrogen and oxygen atoms in total. The van der Waals surface area contributed by atoms with E-state index in [1.54, 1.807) is 0 Å². The van der Waals surface area contributed by atoms with Crippen LogP contribution in [-0.2, 0) is 4.79 Å². The summed E-state index contributed by atoms with van der Waals surface area (Å²) >= 11 is 0. The van der Waals surface area contributed by atoms with Crippen LogP contribution in [0.1, 0.15) is 39.0 Å². The highest BCUT2D eigenvalue weighted by atomic mass is 16.2. The van der Waals surface area contributed by atoms with Gasteiger partial charge in [0.25, 0.3) is 0 Å². The smallest absolute Gasteiger partial charge is 0.228 e. The second-order valence-corrected chi connectivity index (χ2v) is 6.27. The topological polar surface area (TPSA) is 49.6 Å². The first kappa shape index (κ1) is 13.8. The van der Waals surface area contributed by atoms with Gasteiger partial charge < -0.3 is 15.5 Å². The van der Waals surface area contributed by atoms with Gasteiger partial charge in [-0.3, -0.25) is 4.79 Å². The van der Waals surface area contributed by atoms with Crippen molar-refractivity contribution in [2.45, 2.75) is 45.1 Å². The molecule has 1 aliphatic carbocycles. The molecule has 2 aliphatic rings.